The molecule has 0 aliphatic carbocycles. The lowest BCUT2D eigenvalue weighted by Crippen LogP contribution is -2.34. The highest BCUT2D eigenvalue weighted by Gasteiger charge is 2.36. The molecule has 2 heterocycles. The number of nitrogens with zero attached hydrogens (tertiary/aromatic N) is 2. The first-order chi connectivity index (χ1) is 15.0. The molecule has 1 N–H and O–H groups in total. The van der Waals surface area contributed by atoms with Crippen molar-refractivity contribution >= 4 is 17.7 Å². The smallest absolute Gasteiger partial charge is 0.261 e. The maximum atomic E-state index is 12.9. The van der Waals surface area contributed by atoms with Crippen LogP contribution in [0.1, 0.15) is 48.4 Å². The van der Waals surface area contributed by atoms with Gasteiger partial charge in [-0.05, 0) is 50.0 Å². The van der Waals surface area contributed by atoms with E-state index < -0.39 is 0 Å². The van der Waals surface area contributed by atoms with Gasteiger partial charge in [0.1, 0.15) is 5.76 Å². The van der Waals surface area contributed by atoms with E-state index >= 15 is 0 Å². The number of amides is 3. The molecule has 158 valence electrons. The van der Waals surface area contributed by atoms with Crippen molar-refractivity contribution in [2.75, 3.05) is 20.6 Å². The number of nitrogens with one attached hydrogen (secondary N) is 1. The zero-order valence-corrected chi connectivity index (χ0v) is 17.4. The molecule has 0 radical (unpaired) electrons. The summed E-state index contributed by atoms with van der Waals surface area (Å²) in [4.78, 5) is 41.4. The van der Waals surface area contributed by atoms with E-state index in [0.717, 1.165) is 11.3 Å². The van der Waals surface area contributed by atoms with Crippen molar-refractivity contribution in [1.29, 1.82) is 0 Å². The second-order valence-corrected chi connectivity index (χ2v) is 7.65. The van der Waals surface area contributed by atoms with Gasteiger partial charge in [-0.15, -0.1) is 0 Å². The summed E-state index contributed by atoms with van der Waals surface area (Å²) in [5, 5.41) is 2.89. The van der Waals surface area contributed by atoms with Gasteiger partial charge in [-0.1, -0.05) is 30.3 Å². The lowest BCUT2D eigenvalue weighted by atomic mass is 10.1. The van der Waals surface area contributed by atoms with Gasteiger partial charge in [-0.3, -0.25) is 24.2 Å². The van der Waals surface area contributed by atoms with Gasteiger partial charge in [0.15, 0.2) is 0 Å². The van der Waals surface area contributed by atoms with Crippen LogP contribution in [0.15, 0.2) is 71.3 Å². The summed E-state index contributed by atoms with van der Waals surface area (Å²) in [5.41, 5.74) is 1.77. The van der Waals surface area contributed by atoms with E-state index in [2.05, 4.69) is 5.32 Å². The highest BCUT2D eigenvalue weighted by atomic mass is 16.3. The summed E-state index contributed by atoms with van der Waals surface area (Å²) in [5.74, 6) is -0.305. The largest absolute Gasteiger partial charge is 0.468 e. The number of likely N-dealkylation sites (N-methyl/N-ethyl adjacent to an activating group) is 1. The Morgan fingerprint density at radius 2 is 1.74 bits per heavy atom. The van der Waals surface area contributed by atoms with Crippen molar-refractivity contribution < 1.29 is 18.8 Å². The van der Waals surface area contributed by atoms with Crippen LogP contribution in [-0.2, 0) is 6.54 Å². The Bertz CT molecular complexity index is 1110. The Labute approximate surface area is 180 Å². The molecule has 0 saturated carbocycles. The average molecular weight is 417 g/mol. The van der Waals surface area contributed by atoms with Crippen LogP contribution in [0.2, 0.25) is 0 Å². The van der Waals surface area contributed by atoms with Crippen LogP contribution in [0.25, 0.3) is 0 Å². The Hall–Kier alpha value is -3.71. The van der Waals surface area contributed by atoms with Crippen molar-refractivity contribution in [3.8, 4) is 0 Å². The van der Waals surface area contributed by atoms with Crippen molar-refractivity contribution in [2.24, 2.45) is 0 Å². The van der Waals surface area contributed by atoms with Crippen molar-refractivity contribution in [2.45, 2.75) is 12.6 Å². The number of benzene rings is 2. The zero-order chi connectivity index (χ0) is 22.0. The number of hydrogen-bond acceptors (Lipinski definition) is 5. The number of imide groups is 1. The van der Waals surface area contributed by atoms with E-state index in [9.17, 15) is 14.4 Å². The van der Waals surface area contributed by atoms with Gasteiger partial charge in [-0.2, -0.15) is 0 Å². The molecule has 0 bridgehead atoms. The van der Waals surface area contributed by atoms with Gasteiger partial charge in [0, 0.05) is 12.1 Å². The molecular weight excluding hydrogens is 394 g/mol. The molecular formula is C24H23N3O4. The molecule has 1 aliphatic heterocycles. The quantitative estimate of drug-likeness (QED) is 0.598. The van der Waals surface area contributed by atoms with E-state index in [4.69, 9.17) is 4.42 Å². The van der Waals surface area contributed by atoms with Gasteiger partial charge in [-0.25, -0.2) is 0 Å². The normalized spacial score (nSPS) is 14.1. The first-order valence-electron chi connectivity index (χ1n) is 9.98. The molecule has 1 unspecified atom stereocenters. The molecule has 31 heavy (non-hydrogen) atoms. The van der Waals surface area contributed by atoms with Crippen LogP contribution in [-0.4, -0.2) is 48.2 Å². The monoisotopic (exact) mass is 417 g/mol. The van der Waals surface area contributed by atoms with Crippen LogP contribution >= 0.6 is 0 Å². The summed E-state index contributed by atoms with van der Waals surface area (Å²) in [7, 11) is 3.81. The number of furan rings is 1. The molecule has 3 amide bonds. The van der Waals surface area contributed by atoms with E-state index in [-0.39, 0.29) is 35.9 Å². The second-order valence-electron chi connectivity index (χ2n) is 7.65. The fourth-order valence-electron chi connectivity index (χ4n) is 3.65. The Morgan fingerprint density at radius 1 is 1.00 bits per heavy atom. The van der Waals surface area contributed by atoms with Gasteiger partial charge in [0.05, 0.1) is 30.0 Å². The fraction of sp³-hybridized carbons (Fsp3) is 0.208. The first kappa shape index (κ1) is 20.6. The minimum atomic E-state index is -0.389. The van der Waals surface area contributed by atoms with Crippen LogP contribution in [0.3, 0.4) is 0 Å². The van der Waals surface area contributed by atoms with Crippen molar-refractivity contribution in [3.63, 3.8) is 0 Å². The van der Waals surface area contributed by atoms with Crippen LogP contribution in [0.5, 0.6) is 0 Å². The van der Waals surface area contributed by atoms with Crippen molar-refractivity contribution in [1.82, 2.24) is 15.1 Å². The maximum Gasteiger partial charge on any atom is 0.261 e. The molecule has 1 aromatic heterocycles. The maximum absolute atomic E-state index is 12.9. The molecule has 4 rings (SSSR count). The summed E-state index contributed by atoms with van der Waals surface area (Å²) in [6.45, 7) is 0.534. The lowest BCUT2D eigenvalue weighted by Gasteiger charge is -2.22. The Kier molecular flexibility index (Phi) is 5.68. The number of hydrogen-bond donors (Lipinski definition) is 1. The number of carbonyl (C=O) groups excluding carboxylic acids is 3. The van der Waals surface area contributed by atoms with E-state index in [1.807, 2.05) is 55.4 Å². The van der Waals surface area contributed by atoms with E-state index in [0.29, 0.717) is 17.7 Å². The number of carbonyl (C=O) groups is 3. The molecule has 1 aliphatic rings. The zero-order valence-electron chi connectivity index (χ0n) is 17.4. The van der Waals surface area contributed by atoms with Crippen LogP contribution < -0.4 is 5.32 Å². The highest BCUT2D eigenvalue weighted by Crippen LogP contribution is 2.26. The Morgan fingerprint density at radius 3 is 2.42 bits per heavy atom. The molecule has 7 heteroatoms. The summed E-state index contributed by atoms with van der Waals surface area (Å²) >= 11 is 0. The average Bonchev–Trinajstić information content (AvgIpc) is 3.38. The first-order valence-corrected chi connectivity index (χ1v) is 9.98. The summed E-state index contributed by atoms with van der Waals surface area (Å²) in [6, 6.07) is 17.5. The topological polar surface area (TPSA) is 82.9 Å². The van der Waals surface area contributed by atoms with Gasteiger partial charge in [0.2, 0.25) is 0 Å². The molecule has 1 atom stereocenters. The SMILES string of the molecule is CN(C)C(CNC(=O)c1ccc2c(c1)C(=O)N(Cc1ccccc1)C2=O)c1ccco1. The predicted molar refractivity (Wildman–Crippen MR) is 115 cm³/mol. The van der Waals surface area contributed by atoms with Crippen molar-refractivity contribution in [3.05, 3.63) is 94.9 Å². The molecule has 0 spiro atoms. The second kappa shape index (κ2) is 8.57. The lowest BCUT2D eigenvalue weighted by molar-refractivity contribution is 0.0642. The van der Waals surface area contributed by atoms with Gasteiger partial charge in [0.25, 0.3) is 17.7 Å². The van der Waals surface area contributed by atoms with E-state index in [1.54, 1.807) is 24.5 Å². The molecule has 0 fully saturated rings. The third kappa shape index (κ3) is 4.13. The van der Waals surface area contributed by atoms with E-state index in [1.165, 1.54) is 11.0 Å². The van der Waals surface area contributed by atoms with Gasteiger partial charge < -0.3 is 9.73 Å². The van der Waals surface area contributed by atoms with Gasteiger partial charge >= 0.3 is 0 Å². The molecule has 3 aromatic rings. The third-order valence-corrected chi connectivity index (χ3v) is 5.37. The number of fused-ring (bicyclic) bond motifs is 1. The Balaban J connectivity index is 1.48. The standard InChI is InChI=1S/C24H23N3O4/c1-26(2)20(21-9-6-12-31-21)14-25-22(28)17-10-11-18-19(13-17)24(30)27(23(18)29)15-16-7-4-3-5-8-16/h3-13,20H,14-15H2,1-2H3,(H,25,28). The highest BCUT2D eigenvalue weighted by molar-refractivity contribution is 6.22. The third-order valence-electron chi connectivity index (χ3n) is 5.37. The summed E-state index contributed by atoms with van der Waals surface area (Å²) < 4.78 is 5.46. The van der Waals surface area contributed by atoms with Crippen LogP contribution in [0.4, 0.5) is 0 Å². The summed E-state index contributed by atoms with van der Waals surface area (Å²) in [6.07, 6.45) is 1.60. The molecule has 0 saturated heterocycles. The minimum absolute atomic E-state index is 0.127. The minimum Gasteiger partial charge on any atom is -0.468 e. The number of rotatable bonds is 7. The molecule has 7 nitrogen and oxygen atoms in total. The fourth-order valence-corrected chi connectivity index (χ4v) is 3.65. The van der Waals surface area contributed by atoms with Crippen LogP contribution in [0, 0.1) is 0 Å². The molecule has 2 aromatic carbocycles. The predicted octanol–water partition coefficient (Wildman–Crippen LogP) is 3.11.